The number of hydrogen-bond donors (Lipinski definition) is 1. The third-order valence-corrected chi connectivity index (χ3v) is 6.62. The van der Waals surface area contributed by atoms with Gasteiger partial charge in [0.2, 0.25) is 11.8 Å². The Labute approximate surface area is 177 Å². The van der Waals surface area contributed by atoms with Gasteiger partial charge in [-0.25, -0.2) is 4.39 Å². The molecule has 0 atom stereocenters. The molecule has 4 rings (SSSR count). The Morgan fingerprint density at radius 3 is 2.53 bits per heavy atom. The van der Waals surface area contributed by atoms with Crippen LogP contribution in [-0.2, 0) is 21.7 Å². The van der Waals surface area contributed by atoms with Crippen LogP contribution in [0.25, 0.3) is 0 Å². The molecule has 2 aliphatic rings. The summed E-state index contributed by atoms with van der Waals surface area (Å²) in [6, 6.07) is 15.1. The van der Waals surface area contributed by atoms with Crippen molar-refractivity contribution in [2.24, 2.45) is 0 Å². The fraction of sp³-hybridized carbons (Fsp3) is 0.440. The molecular formula is C25H29FN2O2. The number of carbonyl (C=O) groups is 2. The van der Waals surface area contributed by atoms with Crippen LogP contribution in [-0.4, -0.2) is 23.3 Å². The van der Waals surface area contributed by atoms with Crippen molar-refractivity contribution < 1.29 is 14.0 Å². The number of halogens is 1. The molecule has 1 N–H and O–H groups in total. The van der Waals surface area contributed by atoms with Crippen LogP contribution in [0.15, 0.2) is 48.5 Å². The highest BCUT2D eigenvalue weighted by Gasteiger charge is 2.38. The molecule has 1 aliphatic heterocycles. The minimum absolute atomic E-state index is 0.0601. The molecular weight excluding hydrogens is 379 g/mol. The first-order chi connectivity index (χ1) is 14.4. The Morgan fingerprint density at radius 2 is 1.90 bits per heavy atom. The predicted octanol–water partition coefficient (Wildman–Crippen LogP) is 4.64. The molecule has 1 heterocycles. The number of likely N-dealkylation sites (tertiary alicyclic amines) is 1. The number of nitrogens with one attached hydrogen (secondary N) is 1. The highest BCUT2D eigenvalue weighted by Crippen LogP contribution is 2.43. The van der Waals surface area contributed by atoms with E-state index in [0.29, 0.717) is 18.9 Å². The third-order valence-electron chi connectivity index (χ3n) is 6.62. The minimum atomic E-state index is -0.435. The highest BCUT2D eigenvalue weighted by molar-refractivity contribution is 5.78. The van der Waals surface area contributed by atoms with Crippen LogP contribution in [0.3, 0.4) is 0 Å². The Balaban J connectivity index is 1.48. The van der Waals surface area contributed by atoms with E-state index >= 15 is 0 Å². The molecule has 0 spiro atoms. The second-order valence-electron chi connectivity index (χ2n) is 8.71. The topological polar surface area (TPSA) is 49.4 Å². The van der Waals surface area contributed by atoms with Gasteiger partial charge in [-0.05, 0) is 66.8 Å². The Kier molecular flexibility index (Phi) is 5.89. The van der Waals surface area contributed by atoms with Crippen molar-refractivity contribution in [3.05, 3.63) is 71.0 Å². The van der Waals surface area contributed by atoms with E-state index in [2.05, 4.69) is 29.6 Å². The van der Waals surface area contributed by atoms with Crippen LogP contribution in [0.5, 0.6) is 0 Å². The molecule has 2 fully saturated rings. The van der Waals surface area contributed by atoms with Gasteiger partial charge >= 0.3 is 0 Å². The fourth-order valence-electron chi connectivity index (χ4n) is 5.07. The van der Waals surface area contributed by atoms with Crippen molar-refractivity contribution in [3.63, 3.8) is 0 Å². The molecule has 0 radical (unpaired) electrons. The molecule has 0 unspecified atom stereocenters. The molecule has 0 bridgehead atoms. The van der Waals surface area contributed by atoms with E-state index in [1.54, 1.807) is 19.1 Å². The van der Waals surface area contributed by atoms with Crippen molar-refractivity contribution in [2.75, 3.05) is 6.54 Å². The first-order valence-electron chi connectivity index (χ1n) is 10.9. The SMILES string of the molecule is CC(=O)NC1(c2ccc(F)cc2)CCC(c2cccc(CN3CCCC3=O)c2)CC1. The molecule has 4 nitrogen and oxygen atoms in total. The molecule has 0 aromatic heterocycles. The molecule has 1 aliphatic carbocycles. The molecule has 5 heteroatoms. The summed E-state index contributed by atoms with van der Waals surface area (Å²) in [4.78, 5) is 25.8. The molecule has 2 amide bonds. The van der Waals surface area contributed by atoms with Crippen molar-refractivity contribution in [1.29, 1.82) is 0 Å². The Hall–Kier alpha value is -2.69. The van der Waals surface area contributed by atoms with Crippen LogP contribution >= 0.6 is 0 Å². The van der Waals surface area contributed by atoms with Gasteiger partial charge in [-0.3, -0.25) is 9.59 Å². The maximum absolute atomic E-state index is 13.4. The van der Waals surface area contributed by atoms with Crippen LogP contribution in [0.2, 0.25) is 0 Å². The second kappa shape index (κ2) is 8.58. The molecule has 30 heavy (non-hydrogen) atoms. The lowest BCUT2D eigenvalue weighted by Crippen LogP contribution is -2.47. The van der Waals surface area contributed by atoms with Gasteiger partial charge < -0.3 is 10.2 Å². The number of benzene rings is 2. The lowest BCUT2D eigenvalue weighted by atomic mass is 9.71. The van der Waals surface area contributed by atoms with Crippen LogP contribution in [0, 0.1) is 5.82 Å². The summed E-state index contributed by atoms with van der Waals surface area (Å²) in [7, 11) is 0. The van der Waals surface area contributed by atoms with Gasteiger partial charge in [-0.1, -0.05) is 36.4 Å². The summed E-state index contributed by atoms with van der Waals surface area (Å²) in [6.45, 7) is 3.08. The first kappa shape index (κ1) is 20.6. The van der Waals surface area contributed by atoms with Crippen LogP contribution in [0.4, 0.5) is 4.39 Å². The van der Waals surface area contributed by atoms with Gasteiger partial charge in [0.25, 0.3) is 0 Å². The standard InChI is InChI=1S/C25H29FN2O2/c1-18(29)27-25(22-7-9-23(26)10-8-22)13-11-20(12-14-25)21-5-2-4-19(16-21)17-28-15-3-6-24(28)30/h2,4-5,7-10,16,20H,3,6,11-15,17H2,1H3,(H,27,29). The number of amides is 2. The largest absolute Gasteiger partial charge is 0.347 e. The first-order valence-corrected chi connectivity index (χ1v) is 10.9. The lowest BCUT2D eigenvalue weighted by Gasteiger charge is -2.41. The zero-order chi connectivity index (χ0) is 21.1. The zero-order valence-corrected chi connectivity index (χ0v) is 17.5. The van der Waals surface area contributed by atoms with E-state index in [9.17, 15) is 14.0 Å². The van der Waals surface area contributed by atoms with Crippen LogP contribution < -0.4 is 5.32 Å². The summed E-state index contributed by atoms with van der Waals surface area (Å²) in [6.07, 6.45) is 5.15. The van der Waals surface area contributed by atoms with E-state index in [0.717, 1.165) is 44.2 Å². The maximum atomic E-state index is 13.4. The number of carbonyl (C=O) groups excluding carboxylic acids is 2. The molecule has 2 aromatic rings. The predicted molar refractivity (Wildman–Crippen MR) is 114 cm³/mol. The van der Waals surface area contributed by atoms with E-state index in [1.165, 1.54) is 23.3 Å². The van der Waals surface area contributed by atoms with Gasteiger partial charge in [0.05, 0.1) is 5.54 Å². The monoisotopic (exact) mass is 408 g/mol. The Bertz CT molecular complexity index is 917. The minimum Gasteiger partial charge on any atom is -0.347 e. The highest BCUT2D eigenvalue weighted by atomic mass is 19.1. The smallest absolute Gasteiger partial charge is 0.222 e. The third kappa shape index (κ3) is 4.40. The number of hydrogen-bond acceptors (Lipinski definition) is 2. The molecule has 1 saturated heterocycles. The quantitative estimate of drug-likeness (QED) is 0.784. The summed E-state index contributed by atoms with van der Waals surface area (Å²) >= 11 is 0. The number of nitrogens with zero attached hydrogens (tertiary/aromatic N) is 1. The molecule has 2 aromatic carbocycles. The van der Waals surface area contributed by atoms with Crippen molar-refractivity contribution in [1.82, 2.24) is 10.2 Å². The van der Waals surface area contributed by atoms with Gasteiger partial charge in [-0.2, -0.15) is 0 Å². The van der Waals surface area contributed by atoms with Crippen LogP contribution in [0.1, 0.15) is 68.1 Å². The van der Waals surface area contributed by atoms with E-state index in [4.69, 9.17) is 0 Å². The Morgan fingerprint density at radius 1 is 1.17 bits per heavy atom. The lowest BCUT2D eigenvalue weighted by molar-refractivity contribution is -0.128. The van der Waals surface area contributed by atoms with Gasteiger partial charge in [-0.15, -0.1) is 0 Å². The number of rotatable bonds is 5. The molecule has 1 saturated carbocycles. The molecule has 158 valence electrons. The van der Waals surface area contributed by atoms with Gasteiger partial charge in [0.1, 0.15) is 5.82 Å². The van der Waals surface area contributed by atoms with Crippen molar-refractivity contribution in [2.45, 2.75) is 63.5 Å². The zero-order valence-electron chi connectivity index (χ0n) is 17.5. The normalized spacial score (nSPS) is 24.1. The summed E-state index contributed by atoms with van der Waals surface area (Å²) in [5.74, 6) is 0.341. The summed E-state index contributed by atoms with van der Waals surface area (Å²) in [5.41, 5.74) is 3.02. The van der Waals surface area contributed by atoms with E-state index < -0.39 is 5.54 Å². The summed E-state index contributed by atoms with van der Waals surface area (Å²) < 4.78 is 13.4. The van der Waals surface area contributed by atoms with E-state index in [1.807, 2.05) is 4.90 Å². The van der Waals surface area contributed by atoms with Gasteiger partial charge in [0.15, 0.2) is 0 Å². The summed E-state index contributed by atoms with van der Waals surface area (Å²) in [5, 5.41) is 3.16. The fourth-order valence-corrected chi connectivity index (χ4v) is 5.07. The van der Waals surface area contributed by atoms with Crippen molar-refractivity contribution in [3.8, 4) is 0 Å². The van der Waals surface area contributed by atoms with Gasteiger partial charge in [0, 0.05) is 26.4 Å². The second-order valence-corrected chi connectivity index (χ2v) is 8.71. The van der Waals surface area contributed by atoms with Crippen molar-refractivity contribution >= 4 is 11.8 Å². The maximum Gasteiger partial charge on any atom is 0.222 e. The average Bonchev–Trinajstić information content (AvgIpc) is 3.13. The average molecular weight is 409 g/mol. The van der Waals surface area contributed by atoms with E-state index in [-0.39, 0.29) is 17.6 Å².